The van der Waals surface area contributed by atoms with Gasteiger partial charge in [-0.1, -0.05) is 0 Å². The predicted octanol–water partition coefficient (Wildman–Crippen LogP) is 1.37. The summed E-state index contributed by atoms with van der Waals surface area (Å²) in [4.78, 5) is 16.8. The van der Waals surface area contributed by atoms with Gasteiger partial charge in [-0.25, -0.2) is 19.9 Å². The maximum Gasteiger partial charge on any atom is 0.242 e. The summed E-state index contributed by atoms with van der Waals surface area (Å²) in [5.41, 5.74) is 1.22. The molecule has 0 bridgehead atoms. The molecule has 0 atom stereocenters. The van der Waals surface area contributed by atoms with E-state index in [-0.39, 0.29) is 0 Å². The van der Waals surface area contributed by atoms with Crippen LogP contribution in [-0.2, 0) is 0 Å². The van der Waals surface area contributed by atoms with Crippen LogP contribution in [0.15, 0.2) is 24.8 Å². The van der Waals surface area contributed by atoms with Crippen molar-refractivity contribution >= 4 is 5.82 Å². The Morgan fingerprint density at radius 1 is 1.00 bits per heavy atom. The molecule has 0 saturated heterocycles. The number of hydrogen-bond acceptors (Lipinski definition) is 6. The van der Waals surface area contributed by atoms with E-state index in [1.165, 1.54) is 0 Å². The first-order valence-corrected chi connectivity index (χ1v) is 5.27. The molecule has 0 aliphatic carbocycles. The fourth-order valence-corrected chi connectivity index (χ4v) is 1.45. The Labute approximate surface area is 99.1 Å². The van der Waals surface area contributed by atoms with Gasteiger partial charge in [0.15, 0.2) is 11.5 Å². The van der Waals surface area contributed by atoms with Gasteiger partial charge >= 0.3 is 0 Å². The first-order chi connectivity index (χ1) is 8.36. The summed E-state index contributed by atoms with van der Waals surface area (Å²) in [6.45, 7) is 2.75. The van der Waals surface area contributed by atoms with Crippen molar-refractivity contribution in [3.05, 3.63) is 24.8 Å². The number of nitrogens with one attached hydrogen (secondary N) is 1. The number of hydrogen-bond donors (Lipinski definition) is 1. The normalized spacial score (nSPS) is 10.0. The summed E-state index contributed by atoms with van der Waals surface area (Å²) in [7, 11) is 1.55. The molecule has 2 aromatic rings. The van der Waals surface area contributed by atoms with Gasteiger partial charge in [0.1, 0.15) is 5.69 Å². The molecule has 88 valence electrons. The standard InChI is InChI=1S/C11H13N5O/c1-3-12-10-8(13-4-6-15-10)9-11(17-2)16-7-5-14-9/h4-7H,3H2,1-2H3,(H,12,15). The minimum Gasteiger partial charge on any atom is -0.479 e. The van der Waals surface area contributed by atoms with E-state index < -0.39 is 0 Å². The van der Waals surface area contributed by atoms with Crippen LogP contribution in [0.2, 0.25) is 0 Å². The molecule has 0 fully saturated rings. The highest BCUT2D eigenvalue weighted by Crippen LogP contribution is 2.27. The second-order valence-electron chi connectivity index (χ2n) is 3.20. The Bertz CT molecular complexity index is 503. The van der Waals surface area contributed by atoms with E-state index in [0.717, 1.165) is 6.54 Å². The van der Waals surface area contributed by atoms with Gasteiger partial charge < -0.3 is 10.1 Å². The third kappa shape index (κ3) is 2.30. The summed E-state index contributed by atoms with van der Waals surface area (Å²) in [6.07, 6.45) is 6.42. The zero-order chi connectivity index (χ0) is 12.1. The number of rotatable bonds is 4. The molecule has 17 heavy (non-hydrogen) atoms. The summed E-state index contributed by atoms with van der Waals surface area (Å²) in [5.74, 6) is 1.11. The maximum absolute atomic E-state index is 5.16. The molecule has 2 aromatic heterocycles. The molecule has 2 rings (SSSR count). The van der Waals surface area contributed by atoms with Gasteiger partial charge in [-0.3, -0.25) is 0 Å². The van der Waals surface area contributed by atoms with Gasteiger partial charge in [0.2, 0.25) is 5.88 Å². The summed E-state index contributed by atoms with van der Waals surface area (Å²) < 4.78 is 5.16. The van der Waals surface area contributed by atoms with Crippen molar-refractivity contribution in [2.45, 2.75) is 6.92 Å². The monoisotopic (exact) mass is 231 g/mol. The SMILES string of the molecule is CCNc1nccnc1-c1nccnc1OC. The van der Waals surface area contributed by atoms with Crippen molar-refractivity contribution in [3.8, 4) is 17.3 Å². The lowest BCUT2D eigenvalue weighted by molar-refractivity contribution is 0.397. The first-order valence-electron chi connectivity index (χ1n) is 5.27. The lowest BCUT2D eigenvalue weighted by atomic mass is 10.3. The molecule has 0 spiro atoms. The Kier molecular flexibility index (Phi) is 3.44. The smallest absolute Gasteiger partial charge is 0.242 e. The van der Waals surface area contributed by atoms with Crippen molar-refractivity contribution in [3.63, 3.8) is 0 Å². The topological polar surface area (TPSA) is 72.8 Å². The van der Waals surface area contributed by atoms with Crippen LogP contribution in [0.25, 0.3) is 11.4 Å². The first kappa shape index (κ1) is 11.3. The van der Waals surface area contributed by atoms with Crippen molar-refractivity contribution in [1.82, 2.24) is 19.9 Å². The largest absolute Gasteiger partial charge is 0.479 e. The lowest BCUT2D eigenvalue weighted by Crippen LogP contribution is -2.04. The molecule has 0 unspecified atom stereocenters. The third-order valence-electron chi connectivity index (χ3n) is 2.12. The van der Waals surface area contributed by atoms with Crippen LogP contribution in [0.4, 0.5) is 5.82 Å². The molecule has 1 N–H and O–H groups in total. The Balaban J connectivity index is 2.52. The van der Waals surface area contributed by atoms with E-state index in [0.29, 0.717) is 23.1 Å². The fourth-order valence-electron chi connectivity index (χ4n) is 1.45. The molecule has 0 saturated carbocycles. The molecule has 2 heterocycles. The maximum atomic E-state index is 5.16. The quantitative estimate of drug-likeness (QED) is 0.856. The van der Waals surface area contributed by atoms with Crippen LogP contribution in [0.5, 0.6) is 5.88 Å². The van der Waals surface area contributed by atoms with Gasteiger partial charge in [-0.15, -0.1) is 0 Å². The number of ether oxygens (including phenoxy) is 1. The Hall–Kier alpha value is -2.24. The van der Waals surface area contributed by atoms with E-state index in [4.69, 9.17) is 4.74 Å². The fraction of sp³-hybridized carbons (Fsp3) is 0.273. The summed E-state index contributed by atoms with van der Waals surface area (Å²) in [6, 6.07) is 0. The second kappa shape index (κ2) is 5.20. The van der Waals surface area contributed by atoms with Crippen LogP contribution in [0.1, 0.15) is 6.92 Å². The average Bonchev–Trinajstić information content (AvgIpc) is 2.40. The van der Waals surface area contributed by atoms with Gasteiger partial charge in [0.25, 0.3) is 0 Å². The molecular formula is C11H13N5O. The number of methoxy groups -OCH3 is 1. The van der Waals surface area contributed by atoms with Gasteiger partial charge in [0.05, 0.1) is 7.11 Å². The molecule has 0 radical (unpaired) electrons. The molecule has 6 heteroatoms. The molecule has 0 aliphatic rings. The number of nitrogens with zero attached hydrogens (tertiary/aromatic N) is 4. The summed E-state index contributed by atoms with van der Waals surface area (Å²) >= 11 is 0. The van der Waals surface area contributed by atoms with Crippen LogP contribution in [0.3, 0.4) is 0 Å². The molecule has 0 aliphatic heterocycles. The summed E-state index contributed by atoms with van der Waals surface area (Å²) in [5, 5.41) is 3.13. The number of anilines is 1. The molecule has 0 aromatic carbocycles. The van der Waals surface area contributed by atoms with E-state index >= 15 is 0 Å². The van der Waals surface area contributed by atoms with Crippen molar-refractivity contribution in [2.75, 3.05) is 19.0 Å². The van der Waals surface area contributed by atoms with Crippen LogP contribution >= 0.6 is 0 Å². The van der Waals surface area contributed by atoms with Gasteiger partial charge in [-0.05, 0) is 6.92 Å². The average molecular weight is 231 g/mol. The van der Waals surface area contributed by atoms with Crippen LogP contribution in [0, 0.1) is 0 Å². The van der Waals surface area contributed by atoms with Crippen molar-refractivity contribution < 1.29 is 4.74 Å². The predicted molar refractivity (Wildman–Crippen MR) is 63.8 cm³/mol. The van der Waals surface area contributed by atoms with Crippen molar-refractivity contribution in [2.24, 2.45) is 0 Å². The van der Waals surface area contributed by atoms with E-state index in [9.17, 15) is 0 Å². The van der Waals surface area contributed by atoms with Crippen LogP contribution < -0.4 is 10.1 Å². The van der Waals surface area contributed by atoms with E-state index in [2.05, 4.69) is 25.3 Å². The minimum atomic E-state index is 0.437. The molecule has 6 nitrogen and oxygen atoms in total. The molecular weight excluding hydrogens is 218 g/mol. The second-order valence-corrected chi connectivity index (χ2v) is 3.20. The van der Waals surface area contributed by atoms with Gasteiger partial charge in [-0.2, -0.15) is 0 Å². The van der Waals surface area contributed by atoms with Crippen LogP contribution in [-0.4, -0.2) is 33.6 Å². The molecule has 0 amide bonds. The Morgan fingerprint density at radius 2 is 1.65 bits per heavy atom. The Morgan fingerprint density at radius 3 is 2.35 bits per heavy atom. The van der Waals surface area contributed by atoms with E-state index in [1.54, 1.807) is 31.9 Å². The zero-order valence-corrected chi connectivity index (χ0v) is 9.71. The van der Waals surface area contributed by atoms with E-state index in [1.807, 2.05) is 6.92 Å². The van der Waals surface area contributed by atoms with Gasteiger partial charge in [0, 0.05) is 31.3 Å². The highest BCUT2D eigenvalue weighted by molar-refractivity contribution is 5.71. The number of aromatic nitrogens is 4. The highest BCUT2D eigenvalue weighted by atomic mass is 16.5. The lowest BCUT2D eigenvalue weighted by Gasteiger charge is -2.09. The van der Waals surface area contributed by atoms with Crippen molar-refractivity contribution in [1.29, 1.82) is 0 Å². The zero-order valence-electron chi connectivity index (χ0n) is 9.71. The third-order valence-corrected chi connectivity index (χ3v) is 2.12. The minimum absolute atomic E-state index is 0.437. The highest BCUT2D eigenvalue weighted by Gasteiger charge is 2.14.